The van der Waals surface area contributed by atoms with Gasteiger partial charge in [-0.3, -0.25) is 9.69 Å². The number of piperidine rings is 1. The summed E-state index contributed by atoms with van der Waals surface area (Å²) in [6, 6.07) is 6.48. The van der Waals surface area contributed by atoms with Crippen molar-refractivity contribution in [2.45, 2.75) is 45.8 Å². The molecule has 0 aliphatic carbocycles. The van der Waals surface area contributed by atoms with Crippen molar-refractivity contribution in [2.24, 2.45) is 0 Å². The molecular formula is C17H25NO3. The lowest BCUT2D eigenvalue weighted by Gasteiger charge is -2.32. The second-order valence-electron chi connectivity index (χ2n) is 5.85. The number of ether oxygens (including phenoxy) is 1. The van der Waals surface area contributed by atoms with Crippen LogP contribution < -0.4 is 0 Å². The SMILES string of the molecule is Cc1cccc(CN2CCC(OCCC(=O)O)CC2)c1C. The van der Waals surface area contributed by atoms with Crippen LogP contribution in [0.2, 0.25) is 0 Å². The summed E-state index contributed by atoms with van der Waals surface area (Å²) in [5.41, 5.74) is 4.14. The lowest BCUT2D eigenvalue weighted by molar-refractivity contribution is -0.138. The van der Waals surface area contributed by atoms with Crippen molar-refractivity contribution in [3.8, 4) is 0 Å². The van der Waals surface area contributed by atoms with Crippen molar-refractivity contribution in [2.75, 3.05) is 19.7 Å². The molecule has 0 aromatic heterocycles. The van der Waals surface area contributed by atoms with Gasteiger partial charge in [0.05, 0.1) is 19.1 Å². The number of aryl methyl sites for hydroxylation is 1. The zero-order valence-electron chi connectivity index (χ0n) is 13.0. The van der Waals surface area contributed by atoms with Gasteiger partial charge in [-0.1, -0.05) is 18.2 Å². The minimum Gasteiger partial charge on any atom is -0.481 e. The Morgan fingerprint density at radius 2 is 2.05 bits per heavy atom. The molecule has 0 radical (unpaired) electrons. The molecule has 4 nitrogen and oxygen atoms in total. The first-order chi connectivity index (χ1) is 10.1. The lowest BCUT2D eigenvalue weighted by atomic mass is 10.0. The summed E-state index contributed by atoms with van der Waals surface area (Å²) in [5, 5.41) is 8.61. The summed E-state index contributed by atoms with van der Waals surface area (Å²) in [6.45, 7) is 7.70. The molecule has 0 amide bonds. The summed E-state index contributed by atoms with van der Waals surface area (Å²) in [5.74, 6) is -0.789. The third kappa shape index (κ3) is 4.83. The first-order valence-corrected chi connectivity index (χ1v) is 7.67. The Morgan fingerprint density at radius 3 is 2.71 bits per heavy atom. The Morgan fingerprint density at radius 1 is 1.33 bits per heavy atom. The highest BCUT2D eigenvalue weighted by Gasteiger charge is 2.20. The van der Waals surface area contributed by atoms with E-state index in [9.17, 15) is 4.79 Å². The monoisotopic (exact) mass is 291 g/mol. The fourth-order valence-electron chi connectivity index (χ4n) is 2.77. The quantitative estimate of drug-likeness (QED) is 0.875. The van der Waals surface area contributed by atoms with Crippen LogP contribution in [-0.2, 0) is 16.1 Å². The molecule has 0 atom stereocenters. The summed E-state index contributed by atoms with van der Waals surface area (Å²) in [7, 11) is 0. The number of hydrogen-bond acceptors (Lipinski definition) is 3. The smallest absolute Gasteiger partial charge is 0.305 e. The average Bonchev–Trinajstić information content (AvgIpc) is 2.45. The molecule has 0 bridgehead atoms. The van der Waals surface area contributed by atoms with Crippen molar-refractivity contribution in [1.29, 1.82) is 0 Å². The number of benzene rings is 1. The van der Waals surface area contributed by atoms with Crippen LogP contribution in [0, 0.1) is 13.8 Å². The zero-order chi connectivity index (χ0) is 15.2. The number of nitrogens with zero attached hydrogens (tertiary/aromatic N) is 1. The maximum Gasteiger partial charge on any atom is 0.305 e. The van der Waals surface area contributed by atoms with E-state index in [-0.39, 0.29) is 12.5 Å². The van der Waals surface area contributed by atoms with Crippen LogP contribution >= 0.6 is 0 Å². The van der Waals surface area contributed by atoms with Crippen LogP contribution in [0.5, 0.6) is 0 Å². The van der Waals surface area contributed by atoms with Gasteiger partial charge in [0.25, 0.3) is 0 Å². The van der Waals surface area contributed by atoms with Crippen LogP contribution in [-0.4, -0.2) is 41.8 Å². The van der Waals surface area contributed by atoms with E-state index in [1.54, 1.807) is 0 Å². The van der Waals surface area contributed by atoms with Crippen LogP contribution in [0.25, 0.3) is 0 Å². The lowest BCUT2D eigenvalue weighted by Crippen LogP contribution is -2.37. The van der Waals surface area contributed by atoms with E-state index < -0.39 is 5.97 Å². The number of hydrogen-bond donors (Lipinski definition) is 1. The molecule has 0 saturated carbocycles. The normalized spacial score (nSPS) is 17.0. The highest BCUT2D eigenvalue weighted by molar-refractivity contribution is 5.66. The Hall–Kier alpha value is -1.39. The second kappa shape index (κ2) is 7.57. The molecule has 1 aliphatic rings. The van der Waals surface area contributed by atoms with Gasteiger partial charge in [-0.25, -0.2) is 0 Å². The first kappa shape index (κ1) is 16.0. The van der Waals surface area contributed by atoms with Crippen molar-refractivity contribution in [1.82, 2.24) is 4.90 Å². The molecule has 1 aromatic carbocycles. The minimum atomic E-state index is -0.789. The molecule has 0 unspecified atom stereocenters. The Bertz CT molecular complexity index is 479. The van der Waals surface area contributed by atoms with E-state index >= 15 is 0 Å². The van der Waals surface area contributed by atoms with Crippen molar-refractivity contribution in [3.63, 3.8) is 0 Å². The molecule has 1 heterocycles. The maximum absolute atomic E-state index is 10.5. The van der Waals surface area contributed by atoms with Gasteiger partial charge in [0.2, 0.25) is 0 Å². The zero-order valence-corrected chi connectivity index (χ0v) is 13.0. The van der Waals surface area contributed by atoms with Crippen LogP contribution in [0.4, 0.5) is 0 Å². The topological polar surface area (TPSA) is 49.8 Å². The van der Waals surface area contributed by atoms with Gasteiger partial charge in [-0.05, 0) is 43.4 Å². The molecule has 116 valence electrons. The molecule has 1 N–H and O–H groups in total. The highest BCUT2D eigenvalue weighted by Crippen LogP contribution is 2.19. The van der Waals surface area contributed by atoms with E-state index in [0.29, 0.717) is 6.61 Å². The summed E-state index contributed by atoms with van der Waals surface area (Å²) in [4.78, 5) is 12.9. The Balaban J connectivity index is 1.76. The molecule has 1 aliphatic heterocycles. The van der Waals surface area contributed by atoms with Crippen molar-refractivity contribution in [3.05, 3.63) is 34.9 Å². The van der Waals surface area contributed by atoms with Crippen molar-refractivity contribution >= 4 is 5.97 Å². The summed E-state index contributed by atoms with van der Waals surface area (Å²) in [6.07, 6.45) is 2.30. The van der Waals surface area contributed by atoms with Crippen LogP contribution in [0.3, 0.4) is 0 Å². The number of rotatable bonds is 6. The maximum atomic E-state index is 10.5. The molecule has 1 aromatic rings. The van der Waals surface area contributed by atoms with Gasteiger partial charge < -0.3 is 9.84 Å². The number of carboxylic acids is 1. The molecular weight excluding hydrogens is 266 g/mol. The van der Waals surface area contributed by atoms with E-state index in [2.05, 4.69) is 36.9 Å². The largest absolute Gasteiger partial charge is 0.481 e. The van der Waals surface area contributed by atoms with Gasteiger partial charge in [0, 0.05) is 19.6 Å². The van der Waals surface area contributed by atoms with Crippen LogP contribution in [0.15, 0.2) is 18.2 Å². The summed E-state index contributed by atoms with van der Waals surface area (Å²) < 4.78 is 5.63. The minimum absolute atomic E-state index is 0.0999. The van der Waals surface area contributed by atoms with Gasteiger partial charge in [0.1, 0.15) is 0 Å². The Labute approximate surface area is 126 Å². The van der Waals surface area contributed by atoms with Gasteiger partial charge in [-0.15, -0.1) is 0 Å². The van der Waals surface area contributed by atoms with Gasteiger partial charge >= 0.3 is 5.97 Å². The van der Waals surface area contributed by atoms with E-state index in [0.717, 1.165) is 32.5 Å². The number of carboxylic acid groups (broad SMARTS) is 1. The highest BCUT2D eigenvalue weighted by atomic mass is 16.5. The summed E-state index contributed by atoms with van der Waals surface area (Å²) >= 11 is 0. The number of aliphatic carboxylic acids is 1. The van der Waals surface area contributed by atoms with Gasteiger partial charge in [-0.2, -0.15) is 0 Å². The molecule has 1 saturated heterocycles. The number of carbonyl (C=O) groups is 1. The Kier molecular flexibility index (Phi) is 5.76. The predicted molar refractivity (Wildman–Crippen MR) is 82.4 cm³/mol. The average molecular weight is 291 g/mol. The van der Waals surface area contributed by atoms with Gasteiger partial charge in [0.15, 0.2) is 0 Å². The molecule has 1 fully saturated rings. The van der Waals surface area contributed by atoms with E-state index in [1.165, 1.54) is 16.7 Å². The van der Waals surface area contributed by atoms with Crippen LogP contribution in [0.1, 0.15) is 36.0 Å². The molecule has 2 rings (SSSR count). The molecule has 4 heteroatoms. The van der Waals surface area contributed by atoms with E-state index in [1.807, 2.05) is 0 Å². The second-order valence-corrected chi connectivity index (χ2v) is 5.85. The fraction of sp³-hybridized carbons (Fsp3) is 0.588. The van der Waals surface area contributed by atoms with Crippen molar-refractivity contribution < 1.29 is 14.6 Å². The predicted octanol–water partition coefficient (Wildman–Crippen LogP) is 2.76. The third-order valence-electron chi connectivity index (χ3n) is 4.31. The standard InChI is InChI=1S/C17H25NO3/c1-13-4-3-5-15(14(13)2)12-18-9-6-16(7-10-18)21-11-8-17(19)20/h3-5,16H,6-12H2,1-2H3,(H,19,20). The van der Waals surface area contributed by atoms with E-state index in [4.69, 9.17) is 9.84 Å². The third-order valence-corrected chi connectivity index (χ3v) is 4.31. The number of likely N-dealkylation sites (tertiary alicyclic amines) is 1. The first-order valence-electron chi connectivity index (χ1n) is 7.67. The fourth-order valence-corrected chi connectivity index (χ4v) is 2.77. The molecule has 0 spiro atoms. The molecule has 21 heavy (non-hydrogen) atoms.